The van der Waals surface area contributed by atoms with Crippen LogP contribution in [0.4, 0.5) is 0 Å². The van der Waals surface area contributed by atoms with Gasteiger partial charge in [-0.1, -0.05) is 209 Å². The van der Waals surface area contributed by atoms with Gasteiger partial charge in [-0.15, -0.1) is 0 Å². The highest BCUT2D eigenvalue weighted by Gasteiger charge is 2.45. The molecular weight excluding hydrogens is 580 g/mol. The Hall–Kier alpha value is -1.06. The van der Waals surface area contributed by atoms with E-state index in [1.54, 1.807) is 0 Å². The van der Waals surface area contributed by atoms with Crippen LogP contribution in [-0.2, 0) is 19.1 Å². The molecule has 4 heteroatoms. The van der Waals surface area contributed by atoms with Crippen LogP contribution in [0.2, 0.25) is 0 Å². The van der Waals surface area contributed by atoms with E-state index in [1.807, 2.05) is 27.7 Å². The molecule has 0 rings (SSSR count). The molecule has 0 saturated heterocycles. The third-order valence-corrected chi connectivity index (χ3v) is 10.4. The summed E-state index contributed by atoms with van der Waals surface area (Å²) in [6.07, 6.45) is 33.4. The van der Waals surface area contributed by atoms with Crippen molar-refractivity contribution in [2.24, 2.45) is 23.2 Å². The first-order valence-corrected chi connectivity index (χ1v) is 21.0. The zero-order chi connectivity index (χ0) is 35.2. The van der Waals surface area contributed by atoms with Crippen molar-refractivity contribution in [3.8, 4) is 0 Å². The Morgan fingerprint density at radius 3 is 1.17 bits per heavy atom. The number of rotatable bonds is 34. The number of carbonyl (C=O) groups excluding carboxylic acids is 2. The summed E-state index contributed by atoms with van der Waals surface area (Å²) < 4.78 is 12.7. The zero-order valence-electron chi connectivity index (χ0n) is 33.2. The lowest BCUT2D eigenvalue weighted by Gasteiger charge is -2.43. The minimum atomic E-state index is -0.334. The zero-order valence-corrected chi connectivity index (χ0v) is 33.2. The van der Waals surface area contributed by atoms with Gasteiger partial charge in [0.15, 0.2) is 0 Å². The molecule has 0 spiro atoms. The summed E-state index contributed by atoms with van der Waals surface area (Å²) in [4.78, 5) is 26.2. The number of esters is 2. The standard InChI is InChI=1S/C43H84O4/c1-9-12-15-18-21-24-27-30-33-39(8)40(47-42(45)38(6)7)43(36-46-41(44)37(4)5,34-31-28-25-22-19-16-13-10-2)35-32-29-26-23-20-17-14-11-3/h37-40H,9-36H2,1-8H3. The van der Waals surface area contributed by atoms with E-state index in [9.17, 15) is 9.59 Å². The van der Waals surface area contributed by atoms with Crippen LogP contribution in [0.5, 0.6) is 0 Å². The van der Waals surface area contributed by atoms with E-state index >= 15 is 0 Å². The molecule has 0 heterocycles. The van der Waals surface area contributed by atoms with Crippen molar-refractivity contribution in [2.75, 3.05) is 6.61 Å². The second kappa shape index (κ2) is 31.0. The average molecular weight is 665 g/mol. The summed E-state index contributed by atoms with van der Waals surface area (Å²) >= 11 is 0. The van der Waals surface area contributed by atoms with E-state index in [4.69, 9.17) is 9.47 Å². The Labute approximate surface area is 295 Å². The second-order valence-electron chi connectivity index (χ2n) is 15.8. The summed E-state index contributed by atoms with van der Waals surface area (Å²) in [7, 11) is 0. The summed E-state index contributed by atoms with van der Waals surface area (Å²) in [5, 5.41) is 0. The molecule has 0 radical (unpaired) electrons. The fraction of sp³-hybridized carbons (Fsp3) is 0.953. The van der Waals surface area contributed by atoms with Crippen molar-refractivity contribution in [1.29, 1.82) is 0 Å². The Morgan fingerprint density at radius 2 is 0.809 bits per heavy atom. The minimum Gasteiger partial charge on any atom is -0.465 e. The minimum absolute atomic E-state index is 0.107. The quantitative estimate of drug-likeness (QED) is 0.0507. The van der Waals surface area contributed by atoms with Crippen molar-refractivity contribution in [3.63, 3.8) is 0 Å². The number of hydrogen-bond acceptors (Lipinski definition) is 4. The highest BCUT2D eigenvalue weighted by molar-refractivity contribution is 5.72. The van der Waals surface area contributed by atoms with Gasteiger partial charge in [0.05, 0.1) is 11.8 Å². The second-order valence-corrected chi connectivity index (χ2v) is 15.8. The summed E-state index contributed by atoms with van der Waals surface area (Å²) in [6, 6.07) is 0. The van der Waals surface area contributed by atoms with Gasteiger partial charge in [0.1, 0.15) is 12.7 Å². The lowest BCUT2D eigenvalue weighted by Crippen LogP contribution is -2.47. The van der Waals surface area contributed by atoms with Crippen molar-refractivity contribution >= 4 is 11.9 Å². The molecule has 0 N–H and O–H groups in total. The van der Waals surface area contributed by atoms with Crippen LogP contribution in [0.3, 0.4) is 0 Å². The van der Waals surface area contributed by atoms with Gasteiger partial charge in [0, 0.05) is 5.41 Å². The maximum absolute atomic E-state index is 13.3. The van der Waals surface area contributed by atoms with Crippen molar-refractivity contribution in [3.05, 3.63) is 0 Å². The number of hydrogen-bond donors (Lipinski definition) is 0. The maximum Gasteiger partial charge on any atom is 0.308 e. The van der Waals surface area contributed by atoms with Crippen molar-refractivity contribution in [1.82, 2.24) is 0 Å². The van der Waals surface area contributed by atoms with E-state index in [1.165, 1.54) is 141 Å². The molecule has 47 heavy (non-hydrogen) atoms. The van der Waals surface area contributed by atoms with Crippen LogP contribution in [0.15, 0.2) is 0 Å². The average Bonchev–Trinajstić information content (AvgIpc) is 3.05. The molecule has 0 fully saturated rings. The van der Waals surface area contributed by atoms with Gasteiger partial charge in [0.2, 0.25) is 0 Å². The largest absolute Gasteiger partial charge is 0.465 e. The van der Waals surface area contributed by atoms with E-state index in [0.29, 0.717) is 6.61 Å². The first-order chi connectivity index (χ1) is 22.6. The smallest absolute Gasteiger partial charge is 0.308 e. The van der Waals surface area contributed by atoms with Crippen LogP contribution in [0.1, 0.15) is 229 Å². The Kier molecular flexibility index (Phi) is 30.3. The molecule has 0 bridgehead atoms. The molecule has 2 unspecified atom stereocenters. The monoisotopic (exact) mass is 665 g/mol. The molecule has 0 aromatic heterocycles. The number of carbonyl (C=O) groups is 2. The Morgan fingerprint density at radius 1 is 0.468 bits per heavy atom. The van der Waals surface area contributed by atoms with Crippen LogP contribution < -0.4 is 0 Å². The molecule has 0 aliphatic heterocycles. The third kappa shape index (κ3) is 23.9. The third-order valence-electron chi connectivity index (χ3n) is 10.4. The fourth-order valence-electron chi connectivity index (χ4n) is 7.10. The van der Waals surface area contributed by atoms with Crippen molar-refractivity contribution in [2.45, 2.75) is 235 Å². The van der Waals surface area contributed by atoms with Gasteiger partial charge >= 0.3 is 11.9 Å². The Balaban J connectivity index is 5.94. The lowest BCUT2D eigenvalue weighted by molar-refractivity contribution is -0.175. The lowest BCUT2D eigenvalue weighted by atomic mass is 9.69. The first kappa shape index (κ1) is 45.9. The highest BCUT2D eigenvalue weighted by Crippen LogP contribution is 2.43. The van der Waals surface area contributed by atoms with E-state index < -0.39 is 0 Å². The van der Waals surface area contributed by atoms with E-state index in [-0.39, 0.29) is 41.2 Å². The normalized spacial score (nSPS) is 13.3. The molecule has 0 saturated carbocycles. The van der Waals surface area contributed by atoms with Gasteiger partial charge in [0.25, 0.3) is 0 Å². The molecule has 0 amide bonds. The van der Waals surface area contributed by atoms with Crippen LogP contribution >= 0.6 is 0 Å². The van der Waals surface area contributed by atoms with Crippen molar-refractivity contribution < 1.29 is 19.1 Å². The van der Waals surface area contributed by atoms with Gasteiger partial charge in [-0.05, 0) is 25.2 Å². The number of ether oxygens (including phenoxy) is 2. The van der Waals surface area contributed by atoms with E-state index in [0.717, 1.165) is 32.1 Å². The molecule has 0 aromatic carbocycles. The van der Waals surface area contributed by atoms with Gasteiger partial charge < -0.3 is 9.47 Å². The SMILES string of the molecule is CCCCCCCCCCC(C)C(OC(=O)C(C)C)C(CCCCCCCCCC)(CCCCCCCCCC)COC(=O)C(C)C. The van der Waals surface area contributed by atoms with E-state index in [2.05, 4.69) is 27.7 Å². The fourth-order valence-corrected chi connectivity index (χ4v) is 7.10. The topological polar surface area (TPSA) is 52.6 Å². The molecule has 0 aliphatic rings. The predicted octanol–water partition coefficient (Wildman–Crippen LogP) is 14.0. The van der Waals surface area contributed by atoms with Gasteiger partial charge in [-0.2, -0.15) is 0 Å². The number of unbranched alkanes of at least 4 members (excludes halogenated alkanes) is 21. The predicted molar refractivity (Wildman–Crippen MR) is 204 cm³/mol. The summed E-state index contributed by atoms with van der Waals surface area (Å²) in [5.74, 6) is -0.339. The first-order valence-electron chi connectivity index (χ1n) is 21.0. The van der Waals surface area contributed by atoms with Gasteiger partial charge in [-0.3, -0.25) is 9.59 Å². The molecule has 4 nitrogen and oxygen atoms in total. The molecule has 0 aromatic rings. The maximum atomic E-state index is 13.3. The Bertz CT molecular complexity index is 695. The van der Waals surface area contributed by atoms with Crippen LogP contribution in [0, 0.1) is 23.2 Å². The van der Waals surface area contributed by atoms with Gasteiger partial charge in [-0.25, -0.2) is 0 Å². The molecule has 0 aliphatic carbocycles. The molecule has 280 valence electrons. The summed E-state index contributed by atoms with van der Waals surface area (Å²) in [5.41, 5.74) is -0.334. The van der Waals surface area contributed by atoms with Crippen LogP contribution in [0.25, 0.3) is 0 Å². The molecule has 2 atom stereocenters. The molecular formula is C43H84O4. The summed E-state index contributed by atoms with van der Waals surface area (Å²) in [6.45, 7) is 17.2. The highest BCUT2D eigenvalue weighted by atomic mass is 16.6. The van der Waals surface area contributed by atoms with Crippen LogP contribution in [-0.4, -0.2) is 24.6 Å².